The Morgan fingerprint density at radius 3 is 2.53 bits per heavy atom. The first-order valence-corrected chi connectivity index (χ1v) is 11.7. The molecule has 3 aromatic carbocycles. The number of thiocarbonyl (C=S) groups is 1. The summed E-state index contributed by atoms with van der Waals surface area (Å²) in [6.45, 7) is 0.354. The Kier molecular flexibility index (Phi) is 7.52. The highest BCUT2D eigenvalue weighted by Crippen LogP contribution is 2.34. The van der Waals surface area contributed by atoms with Gasteiger partial charge in [0.05, 0.1) is 12.0 Å². The van der Waals surface area contributed by atoms with Crippen molar-refractivity contribution >= 4 is 57.8 Å². The largest absolute Gasteiger partial charge is 0.493 e. The zero-order valence-electron chi connectivity index (χ0n) is 18.0. The summed E-state index contributed by atoms with van der Waals surface area (Å²) < 4.78 is 11.6. The third kappa shape index (κ3) is 5.59. The van der Waals surface area contributed by atoms with E-state index in [1.165, 1.54) is 0 Å². The van der Waals surface area contributed by atoms with Crippen LogP contribution >= 0.6 is 35.6 Å². The van der Waals surface area contributed by atoms with Gasteiger partial charge >= 0.3 is 0 Å². The number of methoxy groups -OCH3 is 1. The lowest BCUT2D eigenvalue weighted by Crippen LogP contribution is -2.44. The van der Waals surface area contributed by atoms with Gasteiger partial charge in [0.2, 0.25) is 0 Å². The molecule has 6 nitrogen and oxygen atoms in total. The van der Waals surface area contributed by atoms with Gasteiger partial charge in [0.1, 0.15) is 6.61 Å². The van der Waals surface area contributed by atoms with Gasteiger partial charge in [0, 0.05) is 10.6 Å². The molecule has 1 heterocycles. The SMILES string of the molecule is COc1cc(/C=C2\SC(=S)N(NC(=O)c3ccccc3)C2=O)ccc1OCc1ccc(Cl)cc1. The number of amides is 2. The highest BCUT2D eigenvalue weighted by molar-refractivity contribution is 8.26. The highest BCUT2D eigenvalue weighted by Gasteiger charge is 2.33. The van der Waals surface area contributed by atoms with Gasteiger partial charge in [0.25, 0.3) is 11.8 Å². The van der Waals surface area contributed by atoms with Gasteiger partial charge in [-0.05, 0) is 65.8 Å². The molecule has 1 aliphatic heterocycles. The number of halogens is 1. The molecular formula is C25H19ClN2O4S2. The Labute approximate surface area is 211 Å². The number of ether oxygens (including phenoxy) is 2. The fraction of sp³-hybridized carbons (Fsp3) is 0.0800. The summed E-state index contributed by atoms with van der Waals surface area (Å²) in [5, 5.41) is 1.75. The number of hydrazine groups is 1. The number of thioether (sulfide) groups is 1. The summed E-state index contributed by atoms with van der Waals surface area (Å²) in [4.78, 5) is 25.7. The first-order chi connectivity index (χ1) is 16.4. The number of hydrogen-bond donors (Lipinski definition) is 1. The molecule has 0 radical (unpaired) electrons. The quantitative estimate of drug-likeness (QED) is 0.335. The van der Waals surface area contributed by atoms with Gasteiger partial charge in [-0.25, -0.2) is 0 Å². The number of benzene rings is 3. The number of carbonyl (C=O) groups is 2. The summed E-state index contributed by atoms with van der Waals surface area (Å²) in [6, 6.07) is 21.4. The van der Waals surface area contributed by atoms with Crippen molar-refractivity contribution in [3.63, 3.8) is 0 Å². The van der Waals surface area contributed by atoms with Crippen molar-refractivity contribution in [1.29, 1.82) is 0 Å². The van der Waals surface area contributed by atoms with Crippen LogP contribution in [-0.2, 0) is 11.4 Å². The second-order valence-electron chi connectivity index (χ2n) is 7.15. The molecule has 0 saturated carbocycles. The van der Waals surface area contributed by atoms with Crippen molar-refractivity contribution in [2.45, 2.75) is 6.61 Å². The Balaban J connectivity index is 1.46. The zero-order valence-corrected chi connectivity index (χ0v) is 20.4. The van der Waals surface area contributed by atoms with Crippen LogP contribution < -0.4 is 14.9 Å². The molecule has 1 fully saturated rings. The first kappa shape index (κ1) is 23.8. The van der Waals surface area contributed by atoms with E-state index in [2.05, 4.69) is 5.43 Å². The molecule has 1 saturated heterocycles. The first-order valence-electron chi connectivity index (χ1n) is 10.1. The van der Waals surface area contributed by atoms with Crippen LogP contribution in [0.4, 0.5) is 0 Å². The van der Waals surface area contributed by atoms with Crippen molar-refractivity contribution in [2.75, 3.05) is 7.11 Å². The zero-order chi connectivity index (χ0) is 24.1. The predicted molar refractivity (Wildman–Crippen MR) is 138 cm³/mol. The third-order valence-electron chi connectivity index (χ3n) is 4.84. The van der Waals surface area contributed by atoms with Crippen molar-refractivity contribution < 1.29 is 19.1 Å². The van der Waals surface area contributed by atoms with E-state index < -0.39 is 11.8 Å². The van der Waals surface area contributed by atoms with Crippen LogP contribution in [0.3, 0.4) is 0 Å². The number of nitrogens with zero attached hydrogens (tertiary/aromatic N) is 1. The maximum Gasteiger partial charge on any atom is 0.285 e. The molecule has 0 unspecified atom stereocenters. The maximum atomic E-state index is 12.9. The molecule has 2 amide bonds. The van der Waals surface area contributed by atoms with Crippen LogP contribution in [0.15, 0.2) is 77.7 Å². The minimum absolute atomic E-state index is 0.246. The summed E-state index contributed by atoms with van der Waals surface area (Å²) in [6.07, 6.45) is 1.69. The predicted octanol–water partition coefficient (Wildman–Crippen LogP) is 5.47. The average molecular weight is 511 g/mol. The van der Waals surface area contributed by atoms with Crippen molar-refractivity contribution in [3.8, 4) is 11.5 Å². The lowest BCUT2D eigenvalue weighted by Gasteiger charge is -2.15. The van der Waals surface area contributed by atoms with E-state index in [4.69, 9.17) is 33.3 Å². The third-order valence-corrected chi connectivity index (χ3v) is 6.39. The maximum absolute atomic E-state index is 12.9. The van der Waals surface area contributed by atoms with Crippen LogP contribution in [-0.4, -0.2) is 28.3 Å². The van der Waals surface area contributed by atoms with Crippen LogP contribution in [0.2, 0.25) is 5.02 Å². The van der Waals surface area contributed by atoms with Crippen LogP contribution in [0.5, 0.6) is 11.5 Å². The van der Waals surface area contributed by atoms with E-state index in [1.54, 1.807) is 67.8 Å². The molecule has 1 N–H and O–H groups in total. The minimum Gasteiger partial charge on any atom is -0.493 e. The van der Waals surface area contributed by atoms with Crippen molar-refractivity contribution in [3.05, 3.63) is 99.4 Å². The standard InChI is InChI=1S/C25H19ClN2O4S2/c1-31-21-13-17(9-12-20(21)32-15-16-7-10-19(26)11-8-16)14-22-24(30)28(25(33)34-22)27-23(29)18-5-3-2-4-6-18/h2-14H,15H2,1H3,(H,27,29)/b22-14-. The van der Waals surface area contributed by atoms with E-state index in [0.717, 1.165) is 27.9 Å². The molecule has 0 aliphatic carbocycles. The molecule has 0 spiro atoms. The molecule has 9 heteroatoms. The Morgan fingerprint density at radius 2 is 1.82 bits per heavy atom. The molecule has 3 aromatic rings. The number of hydrogen-bond acceptors (Lipinski definition) is 6. The average Bonchev–Trinajstić information content (AvgIpc) is 3.11. The van der Waals surface area contributed by atoms with E-state index in [1.807, 2.05) is 18.2 Å². The van der Waals surface area contributed by atoms with Crippen molar-refractivity contribution in [1.82, 2.24) is 10.4 Å². The minimum atomic E-state index is -0.415. The lowest BCUT2D eigenvalue weighted by molar-refractivity contribution is -0.123. The number of rotatable bonds is 7. The molecular weight excluding hydrogens is 492 g/mol. The summed E-state index contributed by atoms with van der Waals surface area (Å²) in [5.74, 6) is 0.274. The topological polar surface area (TPSA) is 67.9 Å². The van der Waals surface area contributed by atoms with Gasteiger partial charge in [-0.2, -0.15) is 5.01 Å². The van der Waals surface area contributed by atoms with Crippen LogP contribution in [0, 0.1) is 0 Å². The molecule has 1 aliphatic rings. The summed E-state index contributed by atoms with van der Waals surface area (Å²) >= 11 is 12.3. The van der Waals surface area contributed by atoms with E-state index in [9.17, 15) is 9.59 Å². The Bertz CT molecular complexity index is 1260. The highest BCUT2D eigenvalue weighted by atomic mass is 35.5. The molecule has 4 rings (SSSR count). The smallest absolute Gasteiger partial charge is 0.285 e. The van der Waals surface area contributed by atoms with E-state index >= 15 is 0 Å². The second-order valence-corrected chi connectivity index (χ2v) is 9.26. The van der Waals surface area contributed by atoms with Crippen molar-refractivity contribution in [2.24, 2.45) is 0 Å². The Hall–Kier alpha value is -3.33. The molecule has 0 atom stereocenters. The van der Waals surface area contributed by atoms with E-state index in [-0.39, 0.29) is 4.32 Å². The summed E-state index contributed by atoms with van der Waals surface area (Å²) in [7, 11) is 1.55. The van der Waals surface area contributed by atoms with Crippen LogP contribution in [0.25, 0.3) is 6.08 Å². The normalized spacial score (nSPS) is 14.4. The molecule has 172 valence electrons. The van der Waals surface area contributed by atoms with Gasteiger partial charge in [0.15, 0.2) is 15.8 Å². The number of carbonyl (C=O) groups excluding carboxylic acids is 2. The molecule has 0 aromatic heterocycles. The molecule has 34 heavy (non-hydrogen) atoms. The van der Waals surface area contributed by atoms with Gasteiger partial charge in [-0.3, -0.25) is 15.0 Å². The Morgan fingerprint density at radius 1 is 1.09 bits per heavy atom. The van der Waals surface area contributed by atoms with Crippen LogP contribution in [0.1, 0.15) is 21.5 Å². The monoisotopic (exact) mass is 510 g/mol. The second kappa shape index (κ2) is 10.7. The van der Waals surface area contributed by atoms with Gasteiger partial charge in [-0.15, -0.1) is 0 Å². The lowest BCUT2D eigenvalue weighted by atomic mass is 10.2. The fourth-order valence-corrected chi connectivity index (χ4v) is 4.41. The number of nitrogens with one attached hydrogen (secondary N) is 1. The fourth-order valence-electron chi connectivity index (χ4n) is 3.11. The van der Waals surface area contributed by atoms with E-state index in [0.29, 0.717) is 33.6 Å². The summed E-state index contributed by atoms with van der Waals surface area (Å²) in [5.41, 5.74) is 4.69. The van der Waals surface area contributed by atoms with Gasteiger partial charge < -0.3 is 9.47 Å². The molecule has 0 bridgehead atoms. The van der Waals surface area contributed by atoms with Gasteiger partial charge in [-0.1, -0.05) is 59.8 Å².